The first-order chi connectivity index (χ1) is 13.4. The van der Waals surface area contributed by atoms with E-state index in [0.29, 0.717) is 17.9 Å². The van der Waals surface area contributed by atoms with Crippen molar-refractivity contribution in [3.05, 3.63) is 95.1 Å². The molecule has 0 amide bonds. The monoisotopic (exact) mass is 384 g/mol. The molecular formula is C23H19F3O2. The van der Waals surface area contributed by atoms with E-state index in [0.717, 1.165) is 35.2 Å². The minimum Gasteiger partial charge on any atom is -0.457 e. The normalized spacial score (nSPS) is 19.1. The molecule has 0 radical (unpaired) electrons. The smallest absolute Gasteiger partial charge is 0.416 e. The molecule has 2 atom stereocenters. The quantitative estimate of drug-likeness (QED) is 0.577. The lowest BCUT2D eigenvalue weighted by atomic mass is 9.79. The number of hydrogen-bond donors (Lipinski definition) is 1. The van der Waals surface area contributed by atoms with E-state index < -0.39 is 17.8 Å². The largest absolute Gasteiger partial charge is 0.457 e. The Bertz CT molecular complexity index is 947. The molecule has 144 valence electrons. The van der Waals surface area contributed by atoms with Crippen LogP contribution in [0.25, 0.3) is 0 Å². The lowest BCUT2D eigenvalue weighted by Gasteiger charge is -2.29. The summed E-state index contributed by atoms with van der Waals surface area (Å²) in [4.78, 5) is 0. The number of halogens is 3. The van der Waals surface area contributed by atoms with Gasteiger partial charge in [-0.05, 0) is 71.8 Å². The standard InChI is InChI=1S/C23H19F3O2/c24-23(25,26)18-7-11-20(12-8-18)28-19-9-5-15(6-10-19)17-13-16-3-1-2-4-21(16)22(27)14-17/h1-12,17,22,27H,13-14H2. The van der Waals surface area contributed by atoms with Gasteiger partial charge in [-0.15, -0.1) is 0 Å². The van der Waals surface area contributed by atoms with E-state index in [1.165, 1.54) is 12.1 Å². The summed E-state index contributed by atoms with van der Waals surface area (Å²) in [5, 5.41) is 10.4. The average Bonchev–Trinajstić information content (AvgIpc) is 2.68. The Morgan fingerprint density at radius 3 is 2.07 bits per heavy atom. The zero-order valence-electron chi connectivity index (χ0n) is 15.0. The van der Waals surface area contributed by atoms with Crippen LogP contribution in [0.3, 0.4) is 0 Å². The molecule has 0 aliphatic heterocycles. The van der Waals surface area contributed by atoms with E-state index in [2.05, 4.69) is 0 Å². The minimum absolute atomic E-state index is 0.213. The van der Waals surface area contributed by atoms with Crippen molar-refractivity contribution >= 4 is 0 Å². The Morgan fingerprint density at radius 1 is 0.821 bits per heavy atom. The molecule has 4 rings (SSSR count). The number of aliphatic hydroxyl groups excluding tert-OH is 1. The Balaban J connectivity index is 1.46. The van der Waals surface area contributed by atoms with Gasteiger partial charge in [0.15, 0.2) is 0 Å². The first-order valence-corrected chi connectivity index (χ1v) is 9.11. The minimum atomic E-state index is -4.36. The van der Waals surface area contributed by atoms with Crippen LogP contribution in [0.1, 0.15) is 40.7 Å². The van der Waals surface area contributed by atoms with E-state index in [4.69, 9.17) is 4.74 Å². The molecule has 0 bridgehead atoms. The highest BCUT2D eigenvalue weighted by Gasteiger charge is 2.30. The topological polar surface area (TPSA) is 29.5 Å². The van der Waals surface area contributed by atoms with Gasteiger partial charge in [0, 0.05) is 0 Å². The SMILES string of the molecule is OC1CC(c2ccc(Oc3ccc(C(F)(F)F)cc3)cc2)Cc2ccccc21. The number of hydrogen-bond acceptors (Lipinski definition) is 2. The molecule has 0 saturated carbocycles. The van der Waals surface area contributed by atoms with Crippen molar-refractivity contribution in [1.82, 2.24) is 0 Å². The predicted molar refractivity (Wildman–Crippen MR) is 100 cm³/mol. The summed E-state index contributed by atoms with van der Waals surface area (Å²) in [6.45, 7) is 0. The van der Waals surface area contributed by atoms with E-state index in [-0.39, 0.29) is 5.92 Å². The molecule has 0 heterocycles. The Hall–Kier alpha value is -2.79. The fourth-order valence-corrected chi connectivity index (χ4v) is 3.70. The number of benzene rings is 3. The second-order valence-electron chi connectivity index (χ2n) is 7.04. The molecule has 5 heteroatoms. The van der Waals surface area contributed by atoms with Crippen molar-refractivity contribution in [2.75, 3.05) is 0 Å². The maximum Gasteiger partial charge on any atom is 0.416 e. The molecule has 28 heavy (non-hydrogen) atoms. The van der Waals surface area contributed by atoms with Crippen LogP contribution in [-0.2, 0) is 12.6 Å². The van der Waals surface area contributed by atoms with Crippen molar-refractivity contribution in [1.29, 1.82) is 0 Å². The zero-order chi connectivity index (χ0) is 19.7. The van der Waals surface area contributed by atoms with Crippen molar-refractivity contribution in [2.45, 2.75) is 31.0 Å². The third-order valence-electron chi connectivity index (χ3n) is 5.16. The van der Waals surface area contributed by atoms with Gasteiger partial charge < -0.3 is 9.84 Å². The first-order valence-electron chi connectivity index (χ1n) is 9.11. The van der Waals surface area contributed by atoms with Crippen molar-refractivity contribution in [3.63, 3.8) is 0 Å². The summed E-state index contributed by atoms with van der Waals surface area (Å²) < 4.78 is 43.5. The van der Waals surface area contributed by atoms with Crippen molar-refractivity contribution in [2.24, 2.45) is 0 Å². The Kier molecular flexibility index (Phi) is 4.85. The molecular weight excluding hydrogens is 365 g/mol. The van der Waals surface area contributed by atoms with E-state index in [9.17, 15) is 18.3 Å². The fourth-order valence-electron chi connectivity index (χ4n) is 3.70. The predicted octanol–water partition coefficient (Wildman–Crippen LogP) is 6.26. The maximum atomic E-state index is 12.6. The molecule has 2 nitrogen and oxygen atoms in total. The third-order valence-corrected chi connectivity index (χ3v) is 5.16. The third kappa shape index (κ3) is 3.90. The molecule has 1 N–H and O–H groups in total. The molecule has 2 unspecified atom stereocenters. The zero-order valence-corrected chi connectivity index (χ0v) is 15.0. The highest BCUT2D eigenvalue weighted by atomic mass is 19.4. The number of ether oxygens (including phenoxy) is 1. The van der Waals surface area contributed by atoms with E-state index >= 15 is 0 Å². The lowest BCUT2D eigenvalue weighted by Crippen LogP contribution is -2.17. The fraction of sp³-hybridized carbons (Fsp3) is 0.217. The first kappa shape index (κ1) is 18.6. The molecule has 1 aliphatic rings. The maximum absolute atomic E-state index is 12.6. The van der Waals surface area contributed by atoms with Gasteiger partial charge in [0.1, 0.15) is 11.5 Å². The van der Waals surface area contributed by atoms with Crippen LogP contribution in [0.5, 0.6) is 11.5 Å². The highest BCUT2D eigenvalue weighted by Crippen LogP contribution is 2.39. The molecule has 3 aromatic carbocycles. The molecule has 3 aromatic rings. The van der Waals surface area contributed by atoms with Crippen LogP contribution >= 0.6 is 0 Å². The summed E-state index contributed by atoms with van der Waals surface area (Å²) in [5.41, 5.74) is 2.57. The molecule has 0 fully saturated rings. The van der Waals surface area contributed by atoms with Gasteiger partial charge in [0.2, 0.25) is 0 Å². The Morgan fingerprint density at radius 2 is 1.43 bits per heavy atom. The van der Waals surface area contributed by atoms with Gasteiger partial charge in [-0.2, -0.15) is 13.2 Å². The van der Waals surface area contributed by atoms with Crippen LogP contribution in [0.2, 0.25) is 0 Å². The summed E-state index contributed by atoms with van der Waals surface area (Å²) in [6.07, 6.45) is -3.30. The lowest BCUT2D eigenvalue weighted by molar-refractivity contribution is -0.137. The van der Waals surface area contributed by atoms with Gasteiger partial charge >= 0.3 is 6.18 Å². The van der Waals surface area contributed by atoms with Crippen molar-refractivity contribution in [3.8, 4) is 11.5 Å². The number of fused-ring (bicyclic) bond motifs is 1. The van der Waals surface area contributed by atoms with E-state index in [1.807, 2.05) is 36.4 Å². The summed E-state index contributed by atoms with van der Waals surface area (Å²) in [7, 11) is 0. The van der Waals surface area contributed by atoms with Gasteiger partial charge in [-0.3, -0.25) is 0 Å². The van der Waals surface area contributed by atoms with Gasteiger partial charge in [-0.25, -0.2) is 0 Å². The molecule has 1 aliphatic carbocycles. The average molecular weight is 384 g/mol. The van der Waals surface area contributed by atoms with Crippen molar-refractivity contribution < 1.29 is 23.0 Å². The summed E-state index contributed by atoms with van der Waals surface area (Å²) in [6, 6.07) is 20.1. The van der Waals surface area contributed by atoms with Crippen LogP contribution in [-0.4, -0.2) is 5.11 Å². The van der Waals surface area contributed by atoms with E-state index in [1.54, 1.807) is 12.1 Å². The second kappa shape index (κ2) is 7.32. The number of rotatable bonds is 3. The molecule has 0 spiro atoms. The van der Waals surface area contributed by atoms with Crippen LogP contribution in [0.15, 0.2) is 72.8 Å². The van der Waals surface area contributed by atoms with Crippen LogP contribution in [0, 0.1) is 0 Å². The second-order valence-corrected chi connectivity index (χ2v) is 7.04. The highest BCUT2D eigenvalue weighted by molar-refractivity contribution is 5.39. The van der Waals surface area contributed by atoms with Gasteiger partial charge in [0.25, 0.3) is 0 Å². The Labute approximate surface area is 161 Å². The number of aliphatic hydroxyl groups is 1. The molecule has 0 saturated heterocycles. The summed E-state index contributed by atoms with van der Waals surface area (Å²) in [5.74, 6) is 1.12. The van der Waals surface area contributed by atoms with Crippen LogP contribution in [0.4, 0.5) is 13.2 Å². The van der Waals surface area contributed by atoms with Gasteiger partial charge in [0.05, 0.1) is 11.7 Å². The van der Waals surface area contributed by atoms with Crippen LogP contribution < -0.4 is 4.74 Å². The summed E-state index contributed by atoms with van der Waals surface area (Å²) >= 11 is 0. The number of alkyl halides is 3. The molecule has 0 aromatic heterocycles. The van der Waals surface area contributed by atoms with Gasteiger partial charge in [-0.1, -0.05) is 36.4 Å².